The molecule has 0 amide bonds. The highest BCUT2D eigenvalue weighted by atomic mass is 16.7. The highest BCUT2D eigenvalue weighted by Gasteiger charge is 2.52. The zero-order valence-corrected chi connectivity index (χ0v) is 24.6. The summed E-state index contributed by atoms with van der Waals surface area (Å²) in [7, 11) is 1.35. The smallest absolute Gasteiger partial charge is 0.331 e. The average Bonchev–Trinajstić information content (AvgIpc) is 3.04. The first-order valence-electron chi connectivity index (χ1n) is 14.3. The maximum atomic E-state index is 12.9. The molecule has 0 radical (unpaired) electrons. The molecular weight excluding hydrogens is 616 g/mol. The summed E-state index contributed by atoms with van der Waals surface area (Å²) >= 11 is 0. The molecule has 0 aromatic heterocycles. The van der Waals surface area contributed by atoms with Crippen LogP contribution in [0.25, 0.3) is 6.08 Å². The number of aliphatic hydroxyl groups is 6. The molecule has 0 spiro atoms. The minimum Gasteiger partial charge on any atom is -0.504 e. The van der Waals surface area contributed by atoms with E-state index < -0.39 is 80.6 Å². The standard InChI is InChI=1S/C30H38O16/c1-41-19-11-14(3-6-17(19)34)4-7-22(36)45-27-21(13-32)44-29(42-9-8-15-2-5-16(33)18(35)10-15)26(40)28(27)46-30-25(39)24(38)23(37)20(12-31)43-30/h2-7,10-11,20-21,23-35,37-40H,8-9,12-13H2,1H3/b7-4+/t20-,21-,23-,24+,25-,26-,27-,28-,29-,30+/m1/s1. The highest BCUT2D eigenvalue weighted by molar-refractivity contribution is 5.87. The number of carbonyl (C=O) groups is 1. The zero-order chi connectivity index (χ0) is 33.5. The molecule has 2 heterocycles. The van der Waals surface area contributed by atoms with E-state index in [2.05, 4.69) is 0 Å². The second-order valence-corrected chi connectivity index (χ2v) is 10.6. The molecule has 2 fully saturated rings. The van der Waals surface area contributed by atoms with Gasteiger partial charge in [0.2, 0.25) is 0 Å². The summed E-state index contributed by atoms with van der Waals surface area (Å²) < 4.78 is 33.2. The van der Waals surface area contributed by atoms with Gasteiger partial charge >= 0.3 is 5.97 Å². The first-order valence-corrected chi connectivity index (χ1v) is 14.3. The Bertz CT molecular complexity index is 1330. The SMILES string of the molecule is COc1cc(/C=C/C(=O)O[C@H]2[C@H](O[C@@H]3O[C@H](CO)[C@@H](O)[C@H](O)[C@H]3O)[C@@H](O)[C@H](OCCc3ccc(O)c(O)c3)O[C@@H]2CO)ccc1O. The van der Waals surface area contributed by atoms with Crippen LogP contribution in [0.3, 0.4) is 0 Å². The van der Waals surface area contributed by atoms with Gasteiger partial charge in [-0.25, -0.2) is 4.79 Å². The maximum absolute atomic E-state index is 12.9. The lowest BCUT2D eigenvalue weighted by molar-refractivity contribution is -0.360. The van der Waals surface area contributed by atoms with Gasteiger partial charge in [-0.15, -0.1) is 0 Å². The molecule has 0 aliphatic carbocycles. The lowest BCUT2D eigenvalue weighted by atomic mass is 9.96. The number of phenolic OH excluding ortho intramolecular Hbond substituents is 3. The number of methoxy groups -OCH3 is 1. The summed E-state index contributed by atoms with van der Waals surface area (Å²) in [4.78, 5) is 12.9. The minimum atomic E-state index is -1.87. The van der Waals surface area contributed by atoms with Gasteiger partial charge in [0.05, 0.1) is 26.9 Å². The maximum Gasteiger partial charge on any atom is 0.331 e. The van der Waals surface area contributed by atoms with Crippen molar-refractivity contribution >= 4 is 12.0 Å². The fourth-order valence-electron chi connectivity index (χ4n) is 4.96. The Labute approximate surface area is 262 Å². The van der Waals surface area contributed by atoms with Crippen molar-refractivity contribution in [2.24, 2.45) is 0 Å². The summed E-state index contributed by atoms with van der Waals surface area (Å²) in [5.41, 5.74) is 1.02. The lowest BCUT2D eigenvalue weighted by Gasteiger charge is -2.46. The third-order valence-corrected chi connectivity index (χ3v) is 7.51. The van der Waals surface area contributed by atoms with E-state index in [0.717, 1.165) is 6.08 Å². The normalized spacial score (nSPS) is 31.5. The van der Waals surface area contributed by atoms with Crippen LogP contribution in [0, 0.1) is 0 Å². The second-order valence-electron chi connectivity index (χ2n) is 10.6. The van der Waals surface area contributed by atoms with Crippen molar-refractivity contribution in [3.63, 3.8) is 0 Å². The van der Waals surface area contributed by atoms with Gasteiger partial charge in [0, 0.05) is 6.08 Å². The van der Waals surface area contributed by atoms with Gasteiger partial charge in [-0.1, -0.05) is 12.1 Å². The molecular formula is C30H38O16. The molecule has 9 N–H and O–H groups in total. The van der Waals surface area contributed by atoms with Crippen molar-refractivity contribution in [1.29, 1.82) is 0 Å². The molecule has 2 aliphatic heterocycles. The van der Waals surface area contributed by atoms with Gasteiger partial charge in [-0.05, 0) is 47.9 Å². The number of benzene rings is 2. The molecule has 16 heteroatoms. The fourth-order valence-corrected chi connectivity index (χ4v) is 4.96. The second kappa shape index (κ2) is 15.8. The number of hydrogen-bond donors (Lipinski definition) is 9. The molecule has 2 saturated heterocycles. The van der Waals surface area contributed by atoms with Crippen LogP contribution in [-0.2, 0) is 34.9 Å². The molecule has 46 heavy (non-hydrogen) atoms. The number of rotatable bonds is 12. The topological polar surface area (TPSA) is 255 Å². The lowest BCUT2D eigenvalue weighted by Crippen LogP contribution is -2.65. The first kappa shape index (κ1) is 35.3. The largest absolute Gasteiger partial charge is 0.504 e. The van der Waals surface area contributed by atoms with Crippen molar-refractivity contribution in [2.45, 2.75) is 67.8 Å². The Hall–Kier alpha value is -3.55. The van der Waals surface area contributed by atoms with E-state index in [1.807, 2.05) is 0 Å². The number of hydrogen-bond acceptors (Lipinski definition) is 16. The molecule has 254 valence electrons. The van der Waals surface area contributed by atoms with E-state index >= 15 is 0 Å². The van der Waals surface area contributed by atoms with Crippen LogP contribution < -0.4 is 4.74 Å². The molecule has 0 unspecified atom stereocenters. The van der Waals surface area contributed by atoms with Crippen molar-refractivity contribution < 1.29 is 79.2 Å². The minimum absolute atomic E-state index is 0.0971. The summed E-state index contributed by atoms with van der Waals surface area (Å²) in [5, 5.41) is 91.0. The zero-order valence-electron chi connectivity index (χ0n) is 24.6. The van der Waals surface area contributed by atoms with Crippen LogP contribution in [0.5, 0.6) is 23.0 Å². The summed E-state index contributed by atoms with van der Waals surface area (Å²) in [6.45, 7) is -1.62. The van der Waals surface area contributed by atoms with Crippen molar-refractivity contribution in [3.8, 4) is 23.0 Å². The number of esters is 1. The average molecular weight is 655 g/mol. The van der Waals surface area contributed by atoms with E-state index in [4.69, 9.17) is 28.4 Å². The molecule has 2 aromatic carbocycles. The van der Waals surface area contributed by atoms with Gasteiger partial charge < -0.3 is 74.4 Å². The molecule has 4 rings (SSSR count). The summed E-state index contributed by atoms with van der Waals surface area (Å²) in [5.74, 6) is -1.59. The van der Waals surface area contributed by atoms with Crippen molar-refractivity contribution in [3.05, 3.63) is 53.6 Å². The molecule has 2 aliphatic rings. The molecule has 2 aromatic rings. The Kier molecular flexibility index (Phi) is 12.2. The number of aromatic hydroxyl groups is 3. The predicted octanol–water partition coefficient (Wildman–Crippen LogP) is -1.74. The molecule has 16 nitrogen and oxygen atoms in total. The Morgan fingerprint density at radius 3 is 2.17 bits per heavy atom. The van der Waals surface area contributed by atoms with Crippen LogP contribution >= 0.6 is 0 Å². The number of phenols is 3. The van der Waals surface area contributed by atoms with E-state index in [-0.39, 0.29) is 36.0 Å². The van der Waals surface area contributed by atoms with Gasteiger partial charge in [-0.3, -0.25) is 0 Å². The van der Waals surface area contributed by atoms with Crippen LogP contribution in [-0.4, -0.2) is 140 Å². The highest BCUT2D eigenvalue weighted by Crippen LogP contribution is 2.32. The van der Waals surface area contributed by atoms with Crippen LogP contribution in [0.2, 0.25) is 0 Å². The summed E-state index contributed by atoms with van der Waals surface area (Å²) in [6, 6.07) is 8.44. The van der Waals surface area contributed by atoms with Crippen molar-refractivity contribution in [2.75, 3.05) is 26.9 Å². The third-order valence-electron chi connectivity index (χ3n) is 7.51. The monoisotopic (exact) mass is 654 g/mol. The third kappa shape index (κ3) is 8.23. The predicted molar refractivity (Wildman–Crippen MR) is 153 cm³/mol. The molecule has 10 atom stereocenters. The number of carbonyl (C=O) groups excluding carboxylic acids is 1. The van der Waals surface area contributed by atoms with Crippen molar-refractivity contribution in [1.82, 2.24) is 0 Å². The first-order chi connectivity index (χ1) is 22.0. The van der Waals surface area contributed by atoms with Gasteiger partial charge in [0.25, 0.3) is 0 Å². The van der Waals surface area contributed by atoms with Crippen LogP contribution in [0.1, 0.15) is 11.1 Å². The van der Waals surface area contributed by atoms with E-state index in [1.54, 1.807) is 0 Å². The van der Waals surface area contributed by atoms with Crippen LogP contribution in [0.4, 0.5) is 0 Å². The quantitative estimate of drug-likeness (QED) is 0.0699. The summed E-state index contributed by atoms with van der Waals surface area (Å²) in [6.07, 6.45) is -13.7. The Balaban J connectivity index is 1.54. The Morgan fingerprint density at radius 1 is 0.804 bits per heavy atom. The van der Waals surface area contributed by atoms with Gasteiger partial charge in [0.1, 0.15) is 42.7 Å². The van der Waals surface area contributed by atoms with Gasteiger partial charge in [0.15, 0.2) is 41.7 Å². The number of aliphatic hydroxyl groups excluding tert-OH is 6. The molecule has 0 saturated carbocycles. The van der Waals surface area contributed by atoms with Gasteiger partial charge in [-0.2, -0.15) is 0 Å². The molecule has 0 bridgehead atoms. The van der Waals surface area contributed by atoms with E-state index in [1.165, 1.54) is 49.6 Å². The Morgan fingerprint density at radius 2 is 1.50 bits per heavy atom. The van der Waals surface area contributed by atoms with Crippen LogP contribution in [0.15, 0.2) is 42.5 Å². The van der Waals surface area contributed by atoms with E-state index in [9.17, 15) is 50.8 Å². The fraction of sp³-hybridized carbons (Fsp3) is 0.500. The van der Waals surface area contributed by atoms with E-state index in [0.29, 0.717) is 11.1 Å². The number of ether oxygens (including phenoxy) is 6.